The van der Waals surface area contributed by atoms with Gasteiger partial charge >= 0.3 is 0 Å². The van der Waals surface area contributed by atoms with Crippen LogP contribution in [0.15, 0.2) is 40.1 Å². The lowest BCUT2D eigenvalue weighted by Crippen LogP contribution is -2.22. The molecule has 112 valence electrons. The van der Waals surface area contributed by atoms with Crippen molar-refractivity contribution in [2.45, 2.75) is 6.54 Å². The Balaban J connectivity index is 1.65. The summed E-state index contributed by atoms with van der Waals surface area (Å²) < 4.78 is 5.48. The number of carbonyl (C=O) groups is 1. The minimum Gasteiger partial charge on any atom is -0.418 e. The molecule has 1 aromatic carbocycles. The normalized spacial score (nSPS) is 10.6. The van der Waals surface area contributed by atoms with Gasteiger partial charge < -0.3 is 9.73 Å². The Morgan fingerprint density at radius 1 is 1.23 bits per heavy atom. The molecule has 0 atom stereocenters. The molecule has 0 fully saturated rings. The van der Waals surface area contributed by atoms with Gasteiger partial charge in [0.25, 0.3) is 11.8 Å². The summed E-state index contributed by atoms with van der Waals surface area (Å²) in [6.07, 6.45) is 0. The zero-order chi connectivity index (χ0) is 15.5. The summed E-state index contributed by atoms with van der Waals surface area (Å²) in [4.78, 5) is 12.9. The van der Waals surface area contributed by atoms with Crippen molar-refractivity contribution >= 4 is 40.4 Å². The van der Waals surface area contributed by atoms with Gasteiger partial charge in [-0.1, -0.05) is 29.3 Å². The SMILES string of the molecule is O=C(NCc1nnc(-c2cccs2)o1)c1ccc(Cl)c(Cl)c1. The number of aromatic nitrogens is 2. The lowest BCUT2D eigenvalue weighted by Gasteiger charge is -2.03. The lowest BCUT2D eigenvalue weighted by molar-refractivity contribution is 0.0947. The first-order chi connectivity index (χ1) is 10.6. The maximum atomic E-state index is 12.0. The van der Waals surface area contributed by atoms with E-state index in [0.717, 1.165) is 4.88 Å². The molecule has 0 radical (unpaired) electrons. The number of amides is 1. The smallest absolute Gasteiger partial charge is 0.257 e. The maximum absolute atomic E-state index is 12.0. The summed E-state index contributed by atoms with van der Waals surface area (Å²) in [6.45, 7) is 0.136. The molecule has 0 saturated carbocycles. The molecule has 8 heteroatoms. The fourth-order valence-corrected chi connectivity index (χ4v) is 2.66. The minimum absolute atomic E-state index is 0.136. The van der Waals surface area contributed by atoms with Gasteiger partial charge in [-0.15, -0.1) is 21.5 Å². The molecule has 2 aromatic heterocycles. The molecule has 0 aliphatic carbocycles. The summed E-state index contributed by atoms with van der Waals surface area (Å²) in [7, 11) is 0. The fraction of sp³-hybridized carbons (Fsp3) is 0.0714. The van der Waals surface area contributed by atoms with Gasteiger partial charge in [-0.3, -0.25) is 4.79 Å². The van der Waals surface area contributed by atoms with E-state index >= 15 is 0 Å². The number of hydrogen-bond donors (Lipinski definition) is 1. The Morgan fingerprint density at radius 2 is 2.09 bits per heavy atom. The molecule has 0 saturated heterocycles. The van der Waals surface area contributed by atoms with Gasteiger partial charge in [0.05, 0.1) is 21.5 Å². The predicted octanol–water partition coefficient (Wildman–Crippen LogP) is 4.03. The van der Waals surface area contributed by atoms with Crippen LogP contribution in [0, 0.1) is 0 Å². The van der Waals surface area contributed by atoms with Gasteiger partial charge in [-0.2, -0.15) is 0 Å². The molecule has 0 aliphatic heterocycles. The van der Waals surface area contributed by atoms with E-state index in [1.54, 1.807) is 12.1 Å². The number of halogens is 2. The Kier molecular flexibility index (Phi) is 4.42. The zero-order valence-electron chi connectivity index (χ0n) is 11.0. The Bertz CT molecular complexity index is 802. The lowest BCUT2D eigenvalue weighted by atomic mass is 10.2. The van der Waals surface area contributed by atoms with Crippen molar-refractivity contribution in [3.8, 4) is 10.8 Å². The quantitative estimate of drug-likeness (QED) is 0.768. The number of nitrogens with one attached hydrogen (secondary N) is 1. The van der Waals surface area contributed by atoms with E-state index in [1.807, 2.05) is 17.5 Å². The third-order valence-corrected chi connectivity index (χ3v) is 4.38. The second-order valence-corrected chi connectivity index (χ2v) is 6.05. The minimum atomic E-state index is -0.297. The van der Waals surface area contributed by atoms with E-state index in [-0.39, 0.29) is 12.5 Å². The summed E-state index contributed by atoms with van der Waals surface area (Å²) >= 11 is 13.2. The highest BCUT2D eigenvalue weighted by Crippen LogP contribution is 2.23. The number of hydrogen-bond acceptors (Lipinski definition) is 5. The van der Waals surface area contributed by atoms with E-state index in [1.165, 1.54) is 17.4 Å². The number of benzene rings is 1. The second kappa shape index (κ2) is 6.48. The highest BCUT2D eigenvalue weighted by atomic mass is 35.5. The molecule has 2 heterocycles. The number of nitrogens with zero attached hydrogens (tertiary/aromatic N) is 2. The molecular formula is C14H9Cl2N3O2S. The molecule has 1 amide bonds. The van der Waals surface area contributed by atoms with Crippen LogP contribution in [0.4, 0.5) is 0 Å². The standard InChI is InChI=1S/C14H9Cl2N3O2S/c15-9-4-3-8(6-10(9)16)13(20)17-7-12-18-19-14(21-12)11-2-1-5-22-11/h1-6H,7H2,(H,17,20). The summed E-state index contributed by atoms with van der Waals surface area (Å²) in [5.74, 6) is 0.472. The Hall–Kier alpha value is -1.89. The van der Waals surface area contributed by atoms with Gasteiger partial charge in [0.1, 0.15) is 0 Å². The predicted molar refractivity (Wildman–Crippen MR) is 85.2 cm³/mol. The number of rotatable bonds is 4. The van der Waals surface area contributed by atoms with Crippen molar-refractivity contribution in [2.24, 2.45) is 0 Å². The molecular weight excluding hydrogens is 345 g/mol. The third kappa shape index (κ3) is 3.30. The van der Waals surface area contributed by atoms with Crippen molar-refractivity contribution in [1.82, 2.24) is 15.5 Å². The Morgan fingerprint density at radius 3 is 2.82 bits per heavy atom. The van der Waals surface area contributed by atoms with Crippen LogP contribution in [0.2, 0.25) is 10.0 Å². The van der Waals surface area contributed by atoms with E-state index in [2.05, 4.69) is 15.5 Å². The van der Waals surface area contributed by atoms with Crippen LogP contribution in [-0.4, -0.2) is 16.1 Å². The van der Waals surface area contributed by atoms with Crippen LogP contribution in [-0.2, 0) is 6.54 Å². The van der Waals surface area contributed by atoms with Crippen LogP contribution in [0.5, 0.6) is 0 Å². The second-order valence-electron chi connectivity index (χ2n) is 4.29. The summed E-state index contributed by atoms with van der Waals surface area (Å²) in [6, 6.07) is 8.45. The van der Waals surface area contributed by atoms with Crippen molar-refractivity contribution in [1.29, 1.82) is 0 Å². The van der Waals surface area contributed by atoms with E-state index < -0.39 is 0 Å². The highest BCUT2D eigenvalue weighted by molar-refractivity contribution is 7.13. The first-order valence-electron chi connectivity index (χ1n) is 6.23. The van der Waals surface area contributed by atoms with E-state index in [0.29, 0.717) is 27.4 Å². The average molecular weight is 354 g/mol. The van der Waals surface area contributed by atoms with Crippen molar-refractivity contribution < 1.29 is 9.21 Å². The van der Waals surface area contributed by atoms with Crippen molar-refractivity contribution in [3.63, 3.8) is 0 Å². The molecule has 0 bridgehead atoms. The largest absolute Gasteiger partial charge is 0.418 e. The van der Waals surface area contributed by atoms with Crippen molar-refractivity contribution in [3.05, 3.63) is 57.2 Å². The third-order valence-electron chi connectivity index (χ3n) is 2.78. The van der Waals surface area contributed by atoms with Crippen LogP contribution in [0.25, 0.3) is 10.8 Å². The summed E-state index contributed by atoms with van der Waals surface area (Å²) in [5, 5.41) is 13.2. The Labute approximate surface area is 139 Å². The molecule has 22 heavy (non-hydrogen) atoms. The van der Waals surface area contributed by atoms with Gasteiger partial charge in [-0.05, 0) is 29.6 Å². The molecule has 0 unspecified atom stereocenters. The topological polar surface area (TPSA) is 68.0 Å². The molecule has 3 aromatic rings. The first kappa shape index (κ1) is 15.0. The first-order valence-corrected chi connectivity index (χ1v) is 7.86. The maximum Gasteiger partial charge on any atom is 0.257 e. The zero-order valence-corrected chi connectivity index (χ0v) is 13.4. The summed E-state index contributed by atoms with van der Waals surface area (Å²) in [5.41, 5.74) is 0.410. The van der Waals surface area contributed by atoms with Crippen LogP contribution in [0.3, 0.4) is 0 Å². The van der Waals surface area contributed by atoms with E-state index in [4.69, 9.17) is 27.6 Å². The van der Waals surface area contributed by atoms with Crippen LogP contribution < -0.4 is 5.32 Å². The van der Waals surface area contributed by atoms with E-state index in [9.17, 15) is 4.79 Å². The molecule has 5 nitrogen and oxygen atoms in total. The number of thiophene rings is 1. The average Bonchev–Trinajstić information content (AvgIpc) is 3.18. The van der Waals surface area contributed by atoms with Gasteiger partial charge in [-0.25, -0.2) is 0 Å². The van der Waals surface area contributed by atoms with Crippen LogP contribution >= 0.6 is 34.5 Å². The molecule has 0 spiro atoms. The molecule has 1 N–H and O–H groups in total. The van der Waals surface area contributed by atoms with Crippen LogP contribution in [0.1, 0.15) is 16.2 Å². The monoisotopic (exact) mass is 353 g/mol. The van der Waals surface area contributed by atoms with Gasteiger partial charge in [0.15, 0.2) is 0 Å². The fourth-order valence-electron chi connectivity index (χ4n) is 1.72. The van der Waals surface area contributed by atoms with Gasteiger partial charge in [0.2, 0.25) is 5.89 Å². The highest BCUT2D eigenvalue weighted by Gasteiger charge is 2.12. The number of carbonyl (C=O) groups excluding carboxylic acids is 1. The molecule has 3 rings (SSSR count). The van der Waals surface area contributed by atoms with Gasteiger partial charge in [0, 0.05) is 5.56 Å². The van der Waals surface area contributed by atoms with Crippen molar-refractivity contribution in [2.75, 3.05) is 0 Å². The molecule has 0 aliphatic rings.